The van der Waals surface area contributed by atoms with Crippen molar-refractivity contribution in [3.63, 3.8) is 0 Å². The molecule has 17 heavy (non-hydrogen) atoms. The number of hydrogen-bond acceptors (Lipinski definition) is 3. The van der Waals surface area contributed by atoms with Gasteiger partial charge in [0, 0.05) is 18.8 Å². The van der Waals surface area contributed by atoms with Gasteiger partial charge in [0.25, 0.3) is 5.91 Å². The molecule has 0 aliphatic heterocycles. The Morgan fingerprint density at radius 2 is 2.00 bits per heavy atom. The molecule has 1 aromatic rings. The van der Waals surface area contributed by atoms with E-state index in [1.807, 2.05) is 11.8 Å². The van der Waals surface area contributed by atoms with Crippen molar-refractivity contribution in [1.29, 1.82) is 0 Å². The summed E-state index contributed by atoms with van der Waals surface area (Å²) in [6.45, 7) is 2.88. The maximum absolute atomic E-state index is 11.3. The number of para-hydroxylation sites is 1. The number of carboxylic acid groups (broad SMARTS) is 1. The van der Waals surface area contributed by atoms with E-state index in [1.54, 1.807) is 24.3 Å². The van der Waals surface area contributed by atoms with Gasteiger partial charge in [-0.2, -0.15) is 0 Å². The molecule has 92 valence electrons. The summed E-state index contributed by atoms with van der Waals surface area (Å²) in [5.74, 6) is -1.37. The zero-order valence-electron chi connectivity index (χ0n) is 9.72. The summed E-state index contributed by atoms with van der Waals surface area (Å²) in [6, 6.07) is 6.94. The zero-order valence-corrected chi connectivity index (χ0v) is 9.72. The Labute approximate surface area is 99.8 Å². The third kappa shape index (κ3) is 3.48. The Bertz CT molecular complexity index is 418. The lowest BCUT2D eigenvalue weighted by Crippen LogP contribution is -2.28. The highest BCUT2D eigenvalue weighted by atomic mass is 16.4. The van der Waals surface area contributed by atoms with Crippen LogP contribution in [0.1, 0.15) is 23.7 Å². The number of hydrogen-bond donors (Lipinski definition) is 2. The number of primary amides is 1. The second kappa shape index (κ2) is 5.89. The average Bonchev–Trinajstić information content (AvgIpc) is 2.30. The number of aliphatic carboxylic acids is 1. The highest BCUT2D eigenvalue weighted by molar-refractivity contribution is 5.98. The third-order valence-electron chi connectivity index (χ3n) is 2.49. The van der Waals surface area contributed by atoms with Crippen molar-refractivity contribution in [2.75, 3.05) is 18.0 Å². The van der Waals surface area contributed by atoms with Crippen molar-refractivity contribution in [1.82, 2.24) is 0 Å². The SMILES string of the molecule is CCN(CCC(=O)O)c1ccccc1C(N)=O. The van der Waals surface area contributed by atoms with Gasteiger partial charge in [0.1, 0.15) is 0 Å². The Morgan fingerprint density at radius 1 is 1.35 bits per heavy atom. The second-order valence-corrected chi connectivity index (χ2v) is 3.60. The van der Waals surface area contributed by atoms with Gasteiger partial charge in [0.2, 0.25) is 0 Å². The Balaban J connectivity index is 2.94. The van der Waals surface area contributed by atoms with Crippen molar-refractivity contribution in [3.05, 3.63) is 29.8 Å². The molecular formula is C12H16N2O3. The van der Waals surface area contributed by atoms with Crippen LogP contribution in [0.25, 0.3) is 0 Å². The fraction of sp³-hybridized carbons (Fsp3) is 0.333. The molecule has 0 atom stereocenters. The van der Waals surface area contributed by atoms with E-state index < -0.39 is 11.9 Å². The highest BCUT2D eigenvalue weighted by Crippen LogP contribution is 2.19. The fourth-order valence-electron chi connectivity index (χ4n) is 1.64. The van der Waals surface area contributed by atoms with Gasteiger partial charge in [0.15, 0.2) is 0 Å². The van der Waals surface area contributed by atoms with E-state index in [-0.39, 0.29) is 6.42 Å². The molecule has 0 radical (unpaired) electrons. The van der Waals surface area contributed by atoms with Crippen molar-refractivity contribution in [3.8, 4) is 0 Å². The Morgan fingerprint density at radius 3 is 2.53 bits per heavy atom. The van der Waals surface area contributed by atoms with Crippen LogP contribution >= 0.6 is 0 Å². The third-order valence-corrected chi connectivity index (χ3v) is 2.49. The summed E-state index contributed by atoms with van der Waals surface area (Å²) in [6.07, 6.45) is 0.0287. The van der Waals surface area contributed by atoms with Crippen molar-refractivity contribution < 1.29 is 14.7 Å². The first kappa shape index (κ1) is 13.0. The minimum absolute atomic E-state index is 0.0287. The molecular weight excluding hydrogens is 220 g/mol. The van der Waals surface area contributed by atoms with Gasteiger partial charge in [-0.05, 0) is 19.1 Å². The molecule has 0 bridgehead atoms. The Kier molecular flexibility index (Phi) is 4.51. The van der Waals surface area contributed by atoms with E-state index in [2.05, 4.69) is 0 Å². The first-order chi connectivity index (χ1) is 8.06. The first-order valence-electron chi connectivity index (χ1n) is 5.41. The molecule has 5 heteroatoms. The molecule has 0 spiro atoms. The predicted molar refractivity (Wildman–Crippen MR) is 65.1 cm³/mol. The molecule has 1 aromatic carbocycles. The molecule has 0 saturated carbocycles. The lowest BCUT2D eigenvalue weighted by Gasteiger charge is -2.24. The summed E-state index contributed by atoms with van der Waals surface area (Å²) in [7, 11) is 0. The topological polar surface area (TPSA) is 83.6 Å². The molecule has 5 nitrogen and oxygen atoms in total. The van der Waals surface area contributed by atoms with Crippen LogP contribution in [0.4, 0.5) is 5.69 Å². The number of anilines is 1. The van der Waals surface area contributed by atoms with Crippen LogP contribution in [0.2, 0.25) is 0 Å². The molecule has 0 saturated heterocycles. The van der Waals surface area contributed by atoms with Gasteiger partial charge in [-0.25, -0.2) is 0 Å². The normalized spacial score (nSPS) is 9.94. The standard InChI is InChI=1S/C12H16N2O3/c1-2-14(8-7-11(15)16)10-6-4-3-5-9(10)12(13)17/h3-6H,2,7-8H2,1H3,(H2,13,17)(H,15,16). The van der Waals surface area contributed by atoms with Crippen LogP contribution in [0.3, 0.4) is 0 Å². The lowest BCUT2D eigenvalue weighted by atomic mass is 10.1. The summed E-state index contributed by atoms with van der Waals surface area (Å²) in [5.41, 5.74) is 6.38. The van der Waals surface area contributed by atoms with Crippen molar-refractivity contribution in [2.24, 2.45) is 5.73 Å². The molecule has 3 N–H and O–H groups in total. The molecule has 0 heterocycles. The van der Waals surface area contributed by atoms with Crippen LogP contribution in [-0.2, 0) is 4.79 Å². The number of rotatable bonds is 6. The van der Waals surface area contributed by atoms with E-state index >= 15 is 0 Å². The van der Waals surface area contributed by atoms with Crippen molar-refractivity contribution >= 4 is 17.6 Å². The van der Waals surface area contributed by atoms with Gasteiger partial charge < -0.3 is 15.7 Å². The molecule has 0 aliphatic rings. The second-order valence-electron chi connectivity index (χ2n) is 3.60. The maximum atomic E-state index is 11.3. The van der Waals surface area contributed by atoms with Crippen LogP contribution < -0.4 is 10.6 Å². The molecule has 1 rings (SSSR count). The number of amides is 1. The fourth-order valence-corrected chi connectivity index (χ4v) is 1.64. The lowest BCUT2D eigenvalue weighted by molar-refractivity contribution is -0.136. The molecule has 1 amide bonds. The number of nitrogens with two attached hydrogens (primary N) is 1. The zero-order chi connectivity index (χ0) is 12.8. The number of carbonyl (C=O) groups excluding carboxylic acids is 1. The number of carbonyl (C=O) groups is 2. The largest absolute Gasteiger partial charge is 0.481 e. The maximum Gasteiger partial charge on any atom is 0.305 e. The van der Waals surface area contributed by atoms with E-state index in [9.17, 15) is 9.59 Å². The molecule has 0 fully saturated rings. The number of carboxylic acids is 1. The molecule has 0 aliphatic carbocycles. The van der Waals surface area contributed by atoms with Crippen LogP contribution in [0.15, 0.2) is 24.3 Å². The highest BCUT2D eigenvalue weighted by Gasteiger charge is 2.13. The summed E-state index contributed by atoms with van der Waals surface area (Å²) < 4.78 is 0. The summed E-state index contributed by atoms with van der Waals surface area (Å²) in [4.78, 5) is 23.6. The average molecular weight is 236 g/mol. The Hall–Kier alpha value is -2.04. The van der Waals surface area contributed by atoms with E-state index in [4.69, 9.17) is 10.8 Å². The van der Waals surface area contributed by atoms with Gasteiger partial charge in [-0.1, -0.05) is 12.1 Å². The van der Waals surface area contributed by atoms with E-state index in [0.717, 1.165) is 0 Å². The first-order valence-corrected chi connectivity index (χ1v) is 5.41. The van der Waals surface area contributed by atoms with Crippen molar-refractivity contribution in [2.45, 2.75) is 13.3 Å². The van der Waals surface area contributed by atoms with Gasteiger partial charge in [-0.15, -0.1) is 0 Å². The quantitative estimate of drug-likeness (QED) is 0.774. The minimum atomic E-state index is -0.861. The summed E-state index contributed by atoms with van der Waals surface area (Å²) >= 11 is 0. The molecule has 0 unspecified atom stereocenters. The molecule has 0 aromatic heterocycles. The van der Waals surface area contributed by atoms with E-state index in [0.29, 0.717) is 24.3 Å². The van der Waals surface area contributed by atoms with Crippen LogP contribution in [0.5, 0.6) is 0 Å². The monoisotopic (exact) mass is 236 g/mol. The predicted octanol–water partition coefficient (Wildman–Crippen LogP) is 1.09. The van der Waals surface area contributed by atoms with Crippen LogP contribution in [-0.4, -0.2) is 30.1 Å². The van der Waals surface area contributed by atoms with Crippen LogP contribution in [0, 0.1) is 0 Å². The smallest absolute Gasteiger partial charge is 0.305 e. The van der Waals surface area contributed by atoms with E-state index in [1.165, 1.54) is 0 Å². The number of benzene rings is 1. The van der Waals surface area contributed by atoms with Gasteiger partial charge >= 0.3 is 5.97 Å². The number of nitrogens with zero attached hydrogens (tertiary/aromatic N) is 1. The van der Waals surface area contributed by atoms with Gasteiger partial charge in [-0.3, -0.25) is 9.59 Å². The summed E-state index contributed by atoms with van der Waals surface area (Å²) in [5, 5.41) is 8.66. The minimum Gasteiger partial charge on any atom is -0.481 e. The van der Waals surface area contributed by atoms with Gasteiger partial charge in [0.05, 0.1) is 12.0 Å².